The lowest BCUT2D eigenvalue weighted by Crippen LogP contribution is -2.21. The van der Waals surface area contributed by atoms with Gasteiger partial charge in [-0.3, -0.25) is 19.2 Å². The molecule has 3 aromatic heterocycles. The molecule has 6 aliphatic carbocycles. The second kappa shape index (κ2) is 9.35. The summed E-state index contributed by atoms with van der Waals surface area (Å²) in [5, 5.41) is 1.48. The van der Waals surface area contributed by atoms with Crippen LogP contribution >= 0.6 is 34.0 Å². The molecule has 0 N–H and O–H groups in total. The fourth-order valence-electron chi connectivity index (χ4n) is 9.34. The van der Waals surface area contributed by atoms with Crippen molar-refractivity contribution in [2.45, 2.75) is 89.9 Å². The van der Waals surface area contributed by atoms with E-state index in [0.29, 0.717) is 0 Å². The van der Waals surface area contributed by atoms with E-state index in [9.17, 15) is 19.2 Å². The van der Waals surface area contributed by atoms with Gasteiger partial charge in [0.25, 0.3) is 0 Å². The number of nitrogens with zero attached hydrogens (tertiary/aromatic N) is 2. The number of aliphatic imine (C=N–C) groups is 2. The van der Waals surface area contributed by atoms with E-state index in [1.54, 1.807) is 34.0 Å². The van der Waals surface area contributed by atoms with E-state index in [1.165, 1.54) is 36.7 Å². The molecular weight excluding hydrogens is 621 g/mol. The average molecular weight is 655 g/mol. The first kappa shape index (κ1) is 28.4. The Bertz CT molecular complexity index is 1980. The lowest BCUT2D eigenvalue weighted by atomic mass is 9.81. The van der Waals surface area contributed by atoms with Crippen LogP contribution in [0.5, 0.6) is 0 Å². The summed E-state index contributed by atoms with van der Waals surface area (Å²) in [6, 6.07) is 4.18. The van der Waals surface area contributed by atoms with Crippen LogP contribution in [0.4, 0.5) is 10.0 Å². The minimum Gasteiger partial charge on any atom is -0.292 e. The van der Waals surface area contributed by atoms with Gasteiger partial charge in [0.1, 0.15) is 10.0 Å². The highest BCUT2D eigenvalue weighted by atomic mass is 32.1. The maximum atomic E-state index is 13.2. The predicted molar refractivity (Wildman–Crippen MR) is 182 cm³/mol. The maximum absolute atomic E-state index is 13.2. The van der Waals surface area contributed by atoms with Crippen LogP contribution in [0.25, 0.3) is 20.5 Å². The molecule has 0 bridgehead atoms. The van der Waals surface area contributed by atoms with Gasteiger partial charge in [0.15, 0.2) is 34.6 Å². The smallest absolute Gasteiger partial charge is 0.188 e. The Labute approximate surface area is 273 Å². The third kappa shape index (κ3) is 3.66. The van der Waals surface area contributed by atoms with Crippen molar-refractivity contribution in [1.29, 1.82) is 0 Å². The van der Waals surface area contributed by atoms with Crippen LogP contribution in [0.2, 0.25) is 0 Å². The number of rotatable bonds is 2. The molecule has 0 radical (unpaired) electrons. The number of allylic oxidation sites excluding steroid dienone is 2. The highest BCUT2D eigenvalue weighted by Crippen LogP contribution is 2.68. The molecule has 6 nitrogen and oxygen atoms in total. The SMILES string of the molecule is CC1(C)C2=C(c3sc(N=C4C(=O)C5CCCCC5C4=O)cc31)C(C)(C)c1c2sc2cc(N=C3C(=O)C4CCCCC4C3=O)sc12. The first-order valence-electron chi connectivity index (χ1n) is 16.3. The molecule has 4 atom stereocenters. The Morgan fingerprint density at radius 2 is 1.07 bits per heavy atom. The molecule has 0 aliphatic heterocycles. The number of hydrogen-bond donors (Lipinski definition) is 0. The van der Waals surface area contributed by atoms with Crippen LogP contribution in [0.15, 0.2) is 22.1 Å². The largest absolute Gasteiger partial charge is 0.292 e. The first-order valence-corrected chi connectivity index (χ1v) is 18.7. The van der Waals surface area contributed by atoms with E-state index in [1.807, 2.05) is 0 Å². The van der Waals surface area contributed by atoms with Crippen molar-refractivity contribution in [2.24, 2.45) is 33.7 Å². The first-order chi connectivity index (χ1) is 21.5. The Balaban J connectivity index is 1.09. The fourth-order valence-corrected chi connectivity index (χ4v) is 13.8. The summed E-state index contributed by atoms with van der Waals surface area (Å²) in [6.07, 6.45) is 7.24. The lowest BCUT2D eigenvalue weighted by molar-refractivity contribution is -0.120. The minimum absolute atomic E-state index is 0.0555. The van der Waals surface area contributed by atoms with Gasteiger partial charge in [-0.25, -0.2) is 9.98 Å². The molecular formula is C36H34N2O4S3. The molecule has 3 aromatic rings. The third-order valence-electron chi connectivity index (χ3n) is 11.6. The summed E-state index contributed by atoms with van der Waals surface area (Å²) in [4.78, 5) is 64.6. The predicted octanol–water partition coefficient (Wildman–Crippen LogP) is 8.58. The summed E-state index contributed by atoms with van der Waals surface area (Å²) < 4.78 is 2.33. The molecule has 45 heavy (non-hydrogen) atoms. The van der Waals surface area contributed by atoms with Crippen LogP contribution < -0.4 is 0 Å². The van der Waals surface area contributed by atoms with Crippen molar-refractivity contribution in [3.8, 4) is 0 Å². The monoisotopic (exact) mass is 654 g/mol. The number of hydrogen-bond acceptors (Lipinski definition) is 9. The normalized spacial score (nSPS) is 29.4. The van der Waals surface area contributed by atoms with Crippen LogP contribution in [0.3, 0.4) is 0 Å². The van der Waals surface area contributed by atoms with Crippen molar-refractivity contribution >= 4 is 99.1 Å². The number of thiophene rings is 3. The second-order valence-electron chi connectivity index (χ2n) is 14.8. The van der Waals surface area contributed by atoms with E-state index in [-0.39, 0.29) is 69.1 Å². The van der Waals surface area contributed by atoms with Gasteiger partial charge in [-0.1, -0.05) is 53.4 Å². The van der Waals surface area contributed by atoms with Crippen molar-refractivity contribution in [2.75, 3.05) is 0 Å². The van der Waals surface area contributed by atoms with E-state index in [2.05, 4.69) is 39.8 Å². The summed E-state index contributed by atoms with van der Waals surface area (Å²) in [5.41, 5.74) is 4.97. The lowest BCUT2D eigenvalue weighted by Gasteiger charge is -2.24. The van der Waals surface area contributed by atoms with E-state index in [4.69, 9.17) is 9.98 Å². The maximum Gasteiger partial charge on any atom is 0.188 e. The molecule has 4 unspecified atom stereocenters. The standard InChI is InChI=1S/C36H34N2O4S3/c1-35(2)19-13-21(37-26-28(39)15-9-5-6-10-16(15)29(26)40)44-32(19)23-24(35)34-25(36(23,3)4)33-20(43-34)14-22(45-33)38-27-30(41)17-11-7-8-12-18(17)31(27)42/h13-18H,5-12H2,1-4H3. The Hall–Kier alpha value is -2.88. The molecule has 6 aliphatic rings. The molecule has 4 fully saturated rings. The quantitative estimate of drug-likeness (QED) is 0.277. The van der Waals surface area contributed by atoms with Crippen LogP contribution in [-0.2, 0) is 30.0 Å². The Morgan fingerprint density at radius 1 is 0.600 bits per heavy atom. The number of ketones is 4. The topological polar surface area (TPSA) is 93.0 Å². The molecule has 0 saturated heterocycles. The molecule has 9 heteroatoms. The van der Waals surface area contributed by atoms with Gasteiger partial charge < -0.3 is 0 Å². The summed E-state index contributed by atoms with van der Waals surface area (Å²) >= 11 is 4.98. The van der Waals surface area contributed by atoms with Crippen molar-refractivity contribution in [1.82, 2.24) is 0 Å². The van der Waals surface area contributed by atoms with Crippen molar-refractivity contribution in [3.05, 3.63) is 33.0 Å². The summed E-state index contributed by atoms with van der Waals surface area (Å²) in [5.74, 6) is -0.924. The second-order valence-corrected chi connectivity index (χ2v) is 17.9. The number of fused-ring (bicyclic) bond motifs is 8. The molecule has 3 heterocycles. The molecule has 0 amide bonds. The average Bonchev–Trinajstić information content (AvgIpc) is 3.84. The zero-order valence-corrected chi connectivity index (χ0v) is 28.3. The number of carbonyl (C=O) groups excluding carboxylic acids is 4. The van der Waals surface area contributed by atoms with Gasteiger partial charge >= 0.3 is 0 Å². The van der Waals surface area contributed by atoms with E-state index < -0.39 is 0 Å². The number of carbonyl (C=O) groups is 4. The van der Waals surface area contributed by atoms with Crippen LogP contribution in [0, 0.1) is 23.7 Å². The highest BCUT2D eigenvalue weighted by Gasteiger charge is 2.54. The summed E-state index contributed by atoms with van der Waals surface area (Å²) in [7, 11) is 0. The van der Waals surface area contributed by atoms with Crippen LogP contribution in [-0.4, -0.2) is 34.6 Å². The van der Waals surface area contributed by atoms with Gasteiger partial charge in [-0.15, -0.1) is 34.0 Å². The minimum atomic E-state index is -0.280. The molecule has 4 saturated carbocycles. The van der Waals surface area contributed by atoms with Crippen molar-refractivity contribution < 1.29 is 19.2 Å². The highest BCUT2D eigenvalue weighted by molar-refractivity contribution is 7.30. The molecule has 9 rings (SSSR count). The number of Topliss-reactive ketones (excluding diaryl/α,β-unsaturated/α-hetero) is 4. The van der Waals surface area contributed by atoms with E-state index in [0.717, 1.165) is 66.1 Å². The van der Waals surface area contributed by atoms with Crippen LogP contribution in [0.1, 0.15) is 99.9 Å². The fraction of sp³-hybridized carbons (Fsp3) is 0.500. The zero-order chi connectivity index (χ0) is 31.2. The Kier molecular flexibility index (Phi) is 5.89. The van der Waals surface area contributed by atoms with Gasteiger partial charge in [-0.05, 0) is 60.1 Å². The van der Waals surface area contributed by atoms with Crippen molar-refractivity contribution in [3.63, 3.8) is 0 Å². The zero-order valence-electron chi connectivity index (χ0n) is 25.9. The van der Waals surface area contributed by atoms with Gasteiger partial charge in [0, 0.05) is 49.0 Å². The van der Waals surface area contributed by atoms with Gasteiger partial charge in [0.05, 0.1) is 4.70 Å². The van der Waals surface area contributed by atoms with Gasteiger partial charge in [0.2, 0.25) is 0 Å². The summed E-state index contributed by atoms with van der Waals surface area (Å²) in [6.45, 7) is 9.10. The molecule has 230 valence electrons. The third-order valence-corrected chi connectivity index (χ3v) is 15.0. The van der Waals surface area contributed by atoms with Gasteiger partial charge in [-0.2, -0.15) is 0 Å². The molecule has 0 spiro atoms. The van der Waals surface area contributed by atoms with E-state index >= 15 is 0 Å². The molecule has 0 aromatic carbocycles. The Morgan fingerprint density at radius 3 is 1.58 bits per heavy atom.